The summed E-state index contributed by atoms with van der Waals surface area (Å²) in [6.07, 6.45) is 1.01. The fourth-order valence-corrected chi connectivity index (χ4v) is 2.76. The van der Waals surface area contributed by atoms with E-state index in [2.05, 4.69) is 31.1 Å². The number of nitrogens with zero attached hydrogens (tertiary/aromatic N) is 2. The number of hydrogen-bond donors (Lipinski definition) is 1. The molecular formula is C14H27N3O2S. The molecule has 0 aliphatic heterocycles. The second kappa shape index (κ2) is 9.28. The van der Waals surface area contributed by atoms with Gasteiger partial charge in [0.05, 0.1) is 12.3 Å². The van der Waals surface area contributed by atoms with Crippen molar-refractivity contribution in [2.24, 2.45) is 0 Å². The van der Waals surface area contributed by atoms with Crippen molar-refractivity contribution in [2.45, 2.75) is 39.5 Å². The summed E-state index contributed by atoms with van der Waals surface area (Å²) >= 11 is 1.74. The van der Waals surface area contributed by atoms with E-state index in [1.54, 1.807) is 25.6 Å². The van der Waals surface area contributed by atoms with Crippen molar-refractivity contribution in [3.05, 3.63) is 10.6 Å². The zero-order valence-corrected chi connectivity index (χ0v) is 14.0. The van der Waals surface area contributed by atoms with Gasteiger partial charge in [0.1, 0.15) is 0 Å². The predicted molar refractivity (Wildman–Crippen MR) is 84.6 cm³/mol. The topological polar surface area (TPSA) is 46.6 Å². The van der Waals surface area contributed by atoms with Crippen LogP contribution in [0.5, 0.6) is 0 Å². The first-order valence-corrected chi connectivity index (χ1v) is 7.81. The van der Waals surface area contributed by atoms with E-state index < -0.39 is 0 Å². The van der Waals surface area contributed by atoms with E-state index in [0.717, 1.165) is 36.9 Å². The van der Waals surface area contributed by atoms with Gasteiger partial charge in [-0.2, -0.15) is 0 Å². The maximum absolute atomic E-state index is 5.24. The summed E-state index contributed by atoms with van der Waals surface area (Å²) < 4.78 is 10.3. The van der Waals surface area contributed by atoms with Gasteiger partial charge in [-0.15, -0.1) is 11.3 Å². The third kappa shape index (κ3) is 5.75. The Bertz CT molecular complexity index is 382. The molecular weight excluding hydrogens is 274 g/mol. The van der Waals surface area contributed by atoms with Gasteiger partial charge >= 0.3 is 0 Å². The zero-order valence-electron chi connectivity index (χ0n) is 13.2. The van der Waals surface area contributed by atoms with Crippen LogP contribution in [0.3, 0.4) is 0 Å². The molecule has 20 heavy (non-hydrogen) atoms. The van der Waals surface area contributed by atoms with Crippen LogP contribution in [-0.2, 0) is 22.6 Å². The standard InChI is InChI=1S/C14H27N3O2S/c1-11(2)15-9-13-12(10-19-5)16-14(20-13)17(3)7-6-8-18-4/h11,15H,6-10H2,1-5H3. The first kappa shape index (κ1) is 17.4. The van der Waals surface area contributed by atoms with Crippen LogP contribution in [0, 0.1) is 0 Å². The predicted octanol–water partition coefficient (Wildman–Crippen LogP) is 2.26. The van der Waals surface area contributed by atoms with Crippen LogP contribution in [0.1, 0.15) is 30.8 Å². The SMILES string of the molecule is COCCCN(C)c1nc(COC)c(CNC(C)C)s1. The molecule has 1 aromatic rings. The van der Waals surface area contributed by atoms with Gasteiger partial charge < -0.3 is 19.7 Å². The van der Waals surface area contributed by atoms with Crippen molar-refractivity contribution in [3.8, 4) is 0 Å². The van der Waals surface area contributed by atoms with E-state index in [9.17, 15) is 0 Å². The lowest BCUT2D eigenvalue weighted by atomic mass is 10.3. The molecule has 0 aromatic carbocycles. The summed E-state index contributed by atoms with van der Waals surface area (Å²) in [5.74, 6) is 0. The summed E-state index contributed by atoms with van der Waals surface area (Å²) in [5.41, 5.74) is 1.04. The summed E-state index contributed by atoms with van der Waals surface area (Å²) in [4.78, 5) is 8.14. The molecule has 0 saturated heterocycles. The van der Waals surface area contributed by atoms with Gasteiger partial charge in [0.15, 0.2) is 5.13 Å². The number of hydrogen-bond acceptors (Lipinski definition) is 6. The van der Waals surface area contributed by atoms with Crippen molar-refractivity contribution in [1.82, 2.24) is 10.3 Å². The van der Waals surface area contributed by atoms with Gasteiger partial charge in [0.25, 0.3) is 0 Å². The molecule has 0 bridgehead atoms. The van der Waals surface area contributed by atoms with Crippen LogP contribution in [0.4, 0.5) is 5.13 Å². The quantitative estimate of drug-likeness (QED) is 0.672. The first-order valence-electron chi connectivity index (χ1n) is 6.99. The number of aromatic nitrogens is 1. The Morgan fingerprint density at radius 3 is 2.65 bits per heavy atom. The Hall–Kier alpha value is -0.690. The van der Waals surface area contributed by atoms with Crippen molar-refractivity contribution in [3.63, 3.8) is 0 Å². The largest absolute Gasteiger partial charge is 0.385 e. The minimum atomic E-state index is 0.468. The number of ether oxygens (including phenoxy) is 2. The Labute approximate surface area is 126 Å². The van der Waals surface area contributed by atoms with Crippen molar-refractivity contribution < 1.29 is 9.47 Å². The molecule has 1 heterocycles. The third-order valence-corrected chi connectivity index (χ3v) is 4.10. The highest BCUT2D eigenvalue weighted by molar-refractivity contribution is 7.15. The Kier molecular flexibility index (Phi) is 8.06. The Morgan fingerprint density at radius 1 is 1.30 bits per heavy atom. The van der Waals surface area contributed by atoms with Gasteiger partial charge in [-0.1, -0.05) is 13.8 Å². The highest BCUT2D eigenvalue weighted by atomic mass is 32.1. The Morgan fingerprint density at radius 2 is 2.05 bits per heavy atom. The lowest BCUT2D eigenvalue weighted by Crippen LogP contribution is -2.21. The number of rotatable bonds is 10. The monoisotopic (exact) mass is 301 g/mol. The second-order valence-corrected chi connectivity index (χ2v) is 6.16. The van der Waals surface area contributed by atoms with E-state index in [1.807, 2.05) is 0 Å². The molecule has 0 aliphatic carbocycles. The molecule has 0 fully saturated rings. The lowest BCUT2D eigenvalue weighted by Gasteiger charge is -2.14. The number of nitrogens with one attached hydrogen (secondary N) is 1. The van der Waals surface area contributed by atoms with Crippen LogP contribution < -0.4 is 10.2 Å². The number of anilines is 1. The molecule has 1 aromatic heterocycles. The molecule has 0 radical (unpaired) electrons. The van der Waals surface area contributed by atoms with Crippen LogP contribution in [0.2, 0.25) is 0 Å². The maximum Gasteiger partial charge on any atom is 0.185 e. The highest BCUT2D eigenvalue weighted by Crippen LogP contribution is 2.26. The number of thiazole rings is 1. The minimum absolute atomic E-state index is 0.468. The fourth-order valence-electron chi connectivity index (χ4n) is 1.76. The molecule has 116 valence electrons. The molecule has 1 N–H and O–H groups in total. The average Bonchev–Trinajstić information content (AvgIpc) is 2.80. The zero-order chi connectivity index (χ0) is 15.0. The van der Waals surface area contributed by atoms with E-state index in [0.29, 0.717) is 12.6 Å². The van der Waals surface area contributed by atoms with E-state index >= 15 is 0 Å². The molecule has 0 aliphatic rings. The molecule has 6 heteroatoms. The van der Waals surface area contributed by atoms with Crippen molar-refractivity contribution in [2.75, 3.05) is 39.3 Å². The Balaban J connectivity index is 2.68. The summed E-state index contributed by atoms with van der Waals surface area (Å²) in [5, 5.41) is 4.49. The van der Waals surface area contributed by atoms with Gasteiger partial charge in [0.2, 0.25) is 0 Å². The molecule has 0 atom stereocenters. The number of methoxy groups -OCH3 is 2. The molecule has 0 unspecified atom stereocenters. The smallest absolute Gasteiger partial charge is 0.185 e. The minimum Gasteiger partial charge on any atom is -0.385 e. The second-order valence-electron chi connectivity index (χ2n) is 5.10. The van der Waals surface area contributed by atoms with Gasteiger partial charge in [-0.25, -0.2) is 4.98 Å². The molecule has 1 rings (SSSR count). The normalized spacial score (nSPS) is 11.3. The summed E-state index contributed by atoms with van der Waals surface area (Å²) in [6.45, 7) is 7.44. The summed E-state index contributed by atoms with van der Waals surface area (Å²) in [6, 6.07) is 0.468. The summed E-state index contributed by atoms with van der Waals surface area (Å²) in [7, 11) is 5.52. The molecule has 0 amide bonds. The lowest BCUT2D eigenvalue weighted by molar-refractivity contribution is 0.181. The van der Waals surface area contributed by atoms with Gasteiger partial charge in [0, 0.05) is 51.9 Å². The fraction of sp³-hybridized carbons (Fsp3) is 0.786. The van der Waals surface area contributed by atoms with Crippen molar-refractivity contribution >= 4 is 16.5 Å². The first-order chi connectivity index (χ1) is 9.58. The van der Waals surface area contributed by atoms with Crippen LogP contribution in [0.15, 0.2) is 0 Å². The molecule has 0 saturated carbocycles. The third-order valence-electron chi connectivity index (χ3n) is 2.89. The highest BCUT2D eigenvalue weighted by Gasteiger charge is 2.14. The molecule has 0 spiro atoms. The van der Waals surface area contributed by atoms with Gasteiger partial charge in [-0.3, -0.25) is 0 Å². The van der Waals surface area contributed by atoms with Gasteiger partial charge in [-0.05, 0) is 6.42 Å². The van der Waals surface area contributed by atoms with E-state index in [4.69, 9.17) is 14.5 Å². The maximum atomic E-state index is 5.24. The van der Waals surface area contributed by atoms with E-state index in [1.165, 1.54) is 4.88 Å². The van der Waals surface area contributed by atoms with Crippen LogP contribution >= 0.6 is 11.3 Å². The average molecular weight is 301 g/mol. The van der Waals surface area contributed by atoms with Crippen molar-refractivity contribution in [1.29, 1.82) is 0 Å². The van der Waals surface area contributed by atoms with E-state index in [-0.39, 0.29) is 0 Å². The molecule has 5 nitrogen and oxygen atoms in total. The van der Waals surface area contributed by atoms with Crippen LogP contribution in [-0.4, -0.2) is 45.4 Å². The van der Waals surface area contributed by atoms with Crippen LogP contribution in [0.25, 0.3) is 0 Å².